The van der Waals surface area contributed by atoms with E-state index < -0.39 is 0 Å². The Kier molecular flexibility index (Phi) is 6.80. The van der Waals surface area contributed by atoms with Crippen LogP contribution in [0.4, 0.5) is 5.69 Å². The summed E-state index contributed by atoms with van der Waals surface area (Å²) >= 11 is 0. The van der Waals surface area contributed by atoms with Crippen molar-refractivity contribution in [1.29, 1.82) is 5.26 Å². The van der Waals surface area contributed by atoms with E-state index in [9.17, 15) is 4.79 Å². The number of amides is 1. The van der Waals surface area contributed by atoms with E-state index in [4.69, 9.17) is 5.26 Å². The first-order valence-corrected chi connectivity index (χ1v) is 9.89. The lowest BCUT2D eigenvalue weighted by Gasteiger charge is -2.27. The number of anilines is 1. The van der Waals surface area contributed by atoms with E-state index in [0.717, 1.165) is 50.4 Å². The fourth-order valence-corrected chi connectivity index (χ4v) is 3.60. The lowest BCUT2D eigenvalue weighted by Crippen LogP contribution is -2.44. The van der Waals surface area contributed by atoms with Crippen molar-refractivity contribution in [2.75, 3.05) is 31.5 Å². The van der Waals surface area contributed by atoms with E-state index in [1.165, 1.54) is 5.56 Å². The zero-order valence-corrected chi connectivity index (χ0v) is 16.7. The third-order valence-electron chi connectivity index (χ3n) is 5.44. The predicted molar refractivity (Wildman–Crippen MR) is 112 cm³/mol. The lowest BCUT2D eigenvalue weighted by molar-refractivity contribution is -0.120. The number of benzene rings is 2. The molecular weight excluding hydrogens is 348 g/mol. The second kappa shape index (κ2) is 9.50. The van der Waals surface area contributed by atoms with Crippen molar-refractivity contribution in [2.45, 2.75) is 32.9 Å². The van der Waals surface area contributed by atoms with Gasteiger partial charge in [0.2, 0.25) is 5.91 Å². The molecule has 5 nitrogen and oxygen atoms in total. The number of carbonyl (C=O) groups excluding carboxylic acids is 1. The van der Waals surface area contributed by atoms with Crippen LogP contribution < -0.4 is 5.32 Å². The van der Waals surface area contributed by atoms with Crippen molar-refractivity contribution >= 4 is 11.6 Å². The molecule has 0 aromatic heterocycles. The van der Waals surface area contributed by atoms with Gasteiger partial charge in [-0.05, 0) is 56.1 Å². The Bertz CT molecular complexity index is 840. The summed E-state index contributed by atoms with van der Waals surface area (Å²) in [4.78, 5) is 17.4. The molecular formula is C23H28N4O. The quantitative estimate of drug-likeness (QED) is 0.869. The van der Waals surface area contributed by atoms with E-state index in [1.54, 1.807) is 0 Å². The zero-order valence-electron chi connectivity index (χ0n) is 16.7. The van der Waals surface area contributed by atoms with Gasteiger partial charge in [0.25, 0.3) is 0 Å². The molecule has 1 fully saturated rings. The summed E-state index contributed by atoms with van der Waals surface area (Å²) in [5, 5.41) is 12.0. The minimum Gasteiger partial charge on any atom is -0.324 e. The third kappa shape index (κ3) is 5.19. The molecule has 146 valence electrons. The van der Waals surface area contributed by atoms with Crippen molar-refractivity contribution in [3.63, 3.8) is 0 Å². The Morgan fingerprint density at radius 2 is 1.86 bits per heavy atom. The van der Waals surface area contributed by atoms with Crippen LogP contribution in [0.1, 0.15) is 30.0 Å². The second-order valence-corrected chi connectivity index (χ2v) is 7.45. The molecule has 1 unspecified atom stereocenters. The average Bonchev–Trinajstić information content (AvgIpc) is 2.95. The highest BCUT2D eigenvalue weighted by atomic mass is 16.2. The molecule has 2 aromatic carbocycles. The lowest BCUT2D eigenvalue weighted by atomic mass is 10.1. The first kappa shape index (κ1) is 20.1. The Hall–Kier alpha value is -2.68. The van der Waals surface area contributed by atoms with Crippen LogP contribution in [0.15, 0.2) is 48.5 Å². The van der Waals surface area contributed by atoms with Gasteiger partial charge >= 0.3 is 0 Å². The van der Waals surface area contributed by atoms with Gasteiger partial charge in [-0.25, -0.2) is 0 Å². The Morgan fingerprint density at radius 1 is 1.11 bits per heavy atom. The third-order valence-corrected chi connectivity index (χ3v) is 5.44. The number of rotatable bonds is 5. The molecule has 1 heterocycles. The SMILES string of the molecule is Cc1ccccc1NC(=O)C(C)N1CCCN(Cc2ccc(C#N)cc2)CC1. The highest BCUT2D eigenvalue weighted by molar-refractivity contribution is 5.95. The van der Waals surface area contributed by atoms with Gasteiger partial charge in [-0.15, -0.1) is 0 Å². The van der Waals surface area contributed by atoms with Crippen LogP contribution in [-0.2, 0) is 11.3 Å². The molecule has 0 radical (unpaired) electrons. The monoisotopic (exact) mass is 376 g/mol. The molecule has 1 aliphatic heterocycles. The van der Waals surface area contributed by atoms with Gasteiger partial charge in [-0.2, -0.15) is 5.26 Å². The van der Waals surface area contributed by atoms with Crippen molar-refractivity contribution in [3.8, 4) is 6.07 Å². The number of hydrogen-bond acceptors (Lipinski definition) is 4. The molecule has 0 bridgehead atoms. The summed E-state index contributed by atoms with van der Waals surface area (Å²) in [5.74, 6) is 0.0508. The molecule has 5 heteroatoms. The molecule has 0 saturated carbocycles. The highest BCUT2D eigenvalue weighted by Crippen LogP contribution is 2.16. The fraction of sp³-hybridized carbons (Fsp3) is 0.391. The smallest absolute Gasteiger partial charge is 0.241 e. The minimum absolute atomic E-state index is 0.0508. The maximum absolute atomic E-state index is 12.7. The van der Waals surface area contributed by atoms with Crippen molar-refractivity contribution in [3.05, 3.63) is 65.2 Å². The maximum atomic E-state index is 12.7. The summed E-state index contributed by atoms with van der Waals surface area (Å²) in [6.45, 7) is 8.62. The summed E-state index contributed by atoms with van der Waals surface area (Å²) < 4.78 is 0. The summed E-state index contributed by atoms with van der Waals surface area (Å²) in [6.07, 6.45) is 1.04. The molecule has 28 heavy (non-hydrogen) atoms. The van der Waals surface area contributed by atoms with Gasteiger partial charge in [0.1, 0.15) is 0 Å². The standard InChI is InChI=1S/C23H28N4O/c1-18-6-3-4-7-22(18)25-23(28)19(2)27-13-5-12-26(14-15-27)17-21-10-8-20(16-24)9-11-21/h3-4,6-11,19H,5,12-15,17H2,1-2H3,(H,25,28). The van der Waals surface area contributed by atoms with Gasteiger partial charge in [-0.1, -0.05) is 30.3 Å². The Labute approximate surface area is 167 Å². The molecule has 3 rings (SSSR count). The van der Waals surface area contributed by atoms with Crippen molar-refractivity contribution in [2.24, 2.45) is 0 Å². The topological polar surface area (TPSA) is 59.4 Å². The minimum atomic E-state index is -0.158. The molecule has 0 aliphatic carbocycles. The largest absolute Gasteiger partial charge is 0.324 e. The Balaban J connectivity index is 1.54. The molecule has 1 aliphatic rings. The van der Waals surface area contributed by atoms with E-state index in [0.29, 0.717) is 5.56 Å². The second-order valence-electron chi connectivity index (χ2n) is 7.45. The van der Waals surface area contributed by atoms with Gasteiger partial charge in [0.15, 0.2) is 0 Å². The number of nitrogens with one attached hydrogen (secondary N) is 1. The van der Waals surface area contributed by atoms with Crippen molar-refractivity contribution in [1.82, 2.24) is 9.80 Å². The highest BCUT2D eigenvalue weighted by Gasteiger charge is 2.24. The van der Waals surface area contributed by atoms with Crippen LogP contribution in [0.5, 0.6) is 0 Å². The van der Waals surface area contributed by atoms with Crippen LogP contribution in [-0.4, -0.2) is 47.9 Å². The number of carbonyl (C=O) groups is 1. The van der Waals surface area contributed by atoms with Gasteiger partial charge < -0.3 is 5.32 Å². The summed E-state index contributed by atoms with van der Waals surface area (Å²) in [6, 6.07) is 17.7. The zero-order chi connectivity index (χ0) is 19.9. The van der Waals surface area contributed by atoms with Gasteiger partial charge in [-0.3, -0.25) is 14.6 Å². The first-order chi connectivity index (χ1) is 13.6. The number of nitriles is 1. The average molecular weight is 377 g/mol. The molecule has 1 atom stereocenters. The number of aryl methyl sites for hydroxylation is 1. The number of hydrogen-bond donors (Lipinski definition) is 1. The molecule has 1 saturated heterocycles. The number of para-hydroxylation sites is 1. The molecule has 2 aromatic rings. The van der Waals surface area contributed by atoms with Crippen LogP contribution >= 0.6 is 0 Å². The first-order valence-electron chi connectivity index (χ1n) is 9.89. The maximum Gasteiger partial charge on any atom is 0.241 e. The number of nitrogens with zero attached hydrogens (tertiary/aromatic N) is 3. The van der Waals surface area contributed by atoms with Crippen LogP contribution in [0.25, 0.3) is 0 Å². The van der Waals surface area contributed by atoms with E-state index in [1.807, 2.05) is 62.4 Å². The van der Waals surface area contributed by atoms with E-state index in [-0.39, 0.29) is 11.9 Å². The summed E-state index contributed by atoms with van der Waals surface area (Å²) in [5.41, 5.74) is 3.88. The molecule has 1 N–H and O–H groups in total. The normalized spacial score (nSPS) is 16.8. The van der Waals surface area contributed by atoms with Crippen LogP contribution in [0.2, 0.25) is 0 Å². The van der Waals surface area contributed by atoms with E-state index >= 15 is 0 Å². The Morgan fingerprint density at radius 3 is 2.57 bits per heavy atom. The van der Waals surface area contributed by atoms with Crippen LogP contribution in [0.3, 0.4) is 0 Å². The molecule has 0 spiro atoms. The predicted octanol–water partition coefficient (Wildman–Crippen LogP) is 3.40. The fourth-order valence-electron chi connectivity index (χ4n) is 3.60. The summed E-state index contributed by atoms with van der Waals surface area (Å²) in [7, 11) is 0. The van der Waals surface area contributed by atoms with E-state index in [2.05, 4.69) is 21.2 Å². The van der Waals surface area contributed by atoms with Gasteiger partial charge in [0.05, 0.1) is 17.7 Å². The van der Waals surface area contributed by atoms with Crippen molar-refractivity contribution < 1.29 is 4.79 Å². The van der Waals surface area contributed by atoms with Gasteiger partial charge in [0, 0.05) is 31.9 Å². The van der Waals surface area contributed by atoms with Crippen LogP contribution in [0, 0.1) is 18.3 Å². The molecule has 1 amide bonds.